The van der Waals surface area contributed by atoms with Gasteiger partial charge in [0.2, 0.25) is 5.91 Å². The van der Waals surface area contributed by atoms with Crippen molar-refractivity contribution in [3.8, 4) is 0 Å². The van der Waals surface area contributed by atoms with Crippen molar-refractivity contribution in [2.75, 3.05) is 65.2 Å². The van der Waals surface area contributed by atoms with Gasteiger partial charge in [-0.15, -0.1) is 0 Å². The summed E-state index contributed by atoms with van der Waals surface area (Å²) >= 11 is 0. The first-order valence-electron chi connectivity index (χ1n) is 9.91. The predicted octanol–water partition coefficient (Wildman–Crippen LogP) is 0.0794. The Morgan fingerprint density at radius 2 is 1.34 bits per heavy atom. The smallest absolute Gasteiger partial charge is 0.266 e. The molecule has 0 saturated heterocycles. The number of amides is 1. The Bertz CT molecular complexity index is 514. The van der Waals surface area contributed by atoms with E-state index in [1.54, 1.807) is 13.8 Å². The fourth-order valence-electron chi connectivity index (χ4n) is 2.16. The van der Waals surface area contributed by atoms with Crippen molar-refractivity contribution in [3.63, 3.8) is 0 Å². The average molecular weight is 443 g/mol. The third-order valence-corrected chi connectivity index (χ3v) is 4.10. The molecule has 1 amide bonds. The first-order valence-corrected chi connectivity index (χ1v) is 11.5. The normalized spacial score (nSPS) is 13.2. The number of nitrogens with one attached hydrogen (secondary N) is 2. The molecule has 0 rings (SSSR count). The van der Waals surface area contributed by atoms with Crippen LogP contribution in [0.25, 0.3) is 0 Å². The van der Waals surface area contributed by atoms with Crippen LogP contribution < -0.4 is 10.6 Å². The molecule has 10 nitrogen and oxygen atoms in total. The van der Waals surface area contributed by atoms with Crippen molar-refractivity contribution in [3.05, 3.63) is 0 Å². The van der Waals surface area contributed by atoms with Crippen LogP contribution in [0.2, 0.25) is 0 Å². The van der Waals surface area contributed by atoms with Crippen LogP contribution in [0, 0.1) is 5.92 Å². The van der Waals surface area contributed by atoms with Crippen molar-refractivity contribution in [2.45, 2.75) is 39.8 Å². The first kappa shape index (κ1) is 28.2. The number of ether oxygens (including phenoxy) is 4. The molecule has 1 atom stereocenters. The average Bonchev–Trinajstić information content (AvgIpc) is 2.59. The van der Waals surface area contributed by atoms with Gasteiger partial charge in [0.1, 0.15) is 6.04 Å². The van der Waals surface area contributed by atoms with Crippen molar-refractivity contribution in [1.82, 2.24) is 10.6 Å². The van der Waals surface area contributed by atoms with Gasteiger partial charge in [-0.25, -0.2) is 0 Å². The first-order chi connectivity index (χ1) is 13.6. The topological polar surface area (TPSA) is 132 Å². The van der Waals surface area contributed by atoms with Crippen molar-refractivity contribution >= 4 is 16.0 Å². The van der Waals surface area contributed by atoms with E-state index >= 15 is 0 Å². The molecule has 0 aliphatic rings. The number of carbonyl (C=O) groups is 1. The summed E-state index contributed by atoms with van der Waals surface area (Å²) in [4.78, 5) is 12.0. The van der Waals surface area contributed by atoms with Gasteiger partial charge in [0.15, 0.2) is 0 Å². The monoisotopic (exact) mass is 442 g/mol. The summed E-state index contributed by atoms with van der Waals surface area (Å²) < 4.78 is 52.5. The molecule has 29 heavy (non-hydrogen) atoms. The number of carbonyl (C=O) groups excluding carboxylic acids is 1. The Hall–Kier alpha value is -0.820. The number of hydrogen-bond donors (Lipinski definition) is 3. The van der Waals surface area contributed by atoms with Crippen molar-refractivity contribution in [1.29, 1.82) is 0 Å². The molecule has 0 aliphatic heterocycles. The largest absolute Gasteiger partial charge is 0.379 e. The lowest BCUT2D eigenvalue weighted by Gasteiger charge is -2.19. The molecule has 174 valence electrons. The van der Waals surface area contributed by atoms with Gasteiger partial charge < -0.3 is 29.6 Å². The second-order valence-corrected chi connectivity index (χ2v) is 8.72. The second kappa shape index (κ2) is 16.9. The van der Waals surface area contributed by atoms with Crippen LogP contribution in [0.4, 0.5) is 0 Å². The predicted molar refractivity (Wildman–Crippen MR) is 110 cm³/mol. The van der Waals surface area contributed by atoms with Crippen LogP contribution >= 0.6 is 0 Å². The van der Waals surface area contributed by atoms with E-state index < -0.39 is 27.8 Å². The quantitative estimate of drug-likeness (QED) is 0.188. The van der Waals surface area contributed by atoms with E-state index in [1.807, 2.05) is 0 Å². The molecule has 0 heterocycles. The maximum Gasteiger partial charge on any atom is 0.266 e. The Morgan fingerprint density at radius 1 is 0.862 bits per heavy atom. The van der Waals surface area contributed by atoms with Gasteiger partial charge in [-0.1, -0.05) is 27.7 Å². The lowest BCUT2D eigenvalue weighted by atomic mass is 10.2. The van der Waals surface area contributed by atoms with E-state index in [9.17, 15) is 13.2 Å². The van der Waals surface area contributed by atoms with Gasteiger partial charge in [0, 0.05) is 19.2 Å². The van der Waals surface area contributed by atoms with Gasteiger partial charge in [-0.05, 0) is 5.92 Å². The standard InChI is InChI=1S/C18H38N2O8S/c1-15(2)13-28-12-11-27-10-9-26-8-7-25-6-5-19-18(21)17(20-16(3)4)14-29(22,23)24/h15-17,20H,5-14H2,1-4H3,(H,19,21)(H,22,23,24)/t17-/m1/s1. The van der Waals surface area contributed by atoms with Crippen LogP contribution in [0.1, 0.15) is 27.7 Å². The lowest BCUT2D eigenvalue weighted by Crippen LogP contribution is -2.51. The Balaban J connectivity index is 3.62. The van der Waals surface area contributed by atoms with E-state index in [1.165, 1.54) is 0 Å². The van der Waals surface area contributed by atoms with E-state index in [-0.39, 0.29) is 19.2 Å². The van der Waals surface area contributed by atoms with E-state index in [2.05, 4.69) is 24.5 Å². The third-order valence-electron chi connectivity index (χ3n) is 3.34. The van der Waals surface area contributed by atoms with E-state index in [4.69, 9.17) is 23.5 Å². The van der Waals surface area contributed by atoms with Crippen LogP contribution in [-0.2, 0) is 33.9 Å². The summed E-state index contributed by atoms with van der Waals surface area (Å²) in [5.74, 6) is -0.676. The third kappa shape index (κ3) is 20.2. The molecule has 0 aromatic rings. The molecule has 0 bridgehead atoms. The molecule has 0 unspecified atom stereocenters. The molecule has 3 N–H and O–H groups in total. The fourth-order valence-corrected chi connectivity index (χ4v) is 2.83. The zero-order chi connectivity index (χ0) is 22.1. The van der Waals surface area contributed by atoms with Crippen LogP contribution in [-0.4, -0.2) is 96.1 Å². The zero-order valence-corrected chi connectivity index (χ0v) is 18.8. The second-order valence-electron chi connectivity index (χ2n) is 7.22. The van der Waals surface area contributed by atoms with Crippen molar-refractivity contribution in [2.24, 2.45) is 5.92 Å². The summed E-state index contributed by atoms with van der Waals surface area (Å²) in [6, 6.07) is -1.14. The summed E-state index contributed by atoms with van der Waals surface area (Å²) in [6.45, 7) is 11.8. The van der Waals surface area contributed by atoms with Gasteiger partial charge in [0.05, 0.1) is 52.0 Å². The van der Waals surface area contributed by atoms with Crippen LogP contribution in [0.15, 0.2) is 0 Å². The lowest BCUT2D eigenvalue weighted by molar-refractivity contribution is -0.123. The fraction of sp³-hybridized carbons (Fsp3) is 0.944. The minimum absolute atomic E-state index is 0.113. The van der Waals surface area contributed by atoms with E-state index in [0.29, 0.717) is 45.6 Å². The highest BCUT2D eigenvalue weighted by molar-refractivity contribution is 7.85. The minimum Gasteiger partial charge on any atom is -0.379 e. The zero-order valence-electron chi connectivity index (χ0n) is 18.0. The summed E-state index contributed by atoms with van der Waals surface area (Å²) in [5.41, 5.74) is 0. The molecule has 0 aromatic carbocycles. The minimum atomic E-state index is -4.26. The molecule has 0 aromatic heterocycles. The number of rotatable bonds is 19. The molecule has 0 fully saturated rings. The molecule has 11 heteroatoms. The molecule has 0 aliphatic carbocycles. The van der Waals surface area contributed by atoms with Gasteiger partial charge >= 0.3 is 0 Å². The van der Waals surface area contributed by atoms with E-state index in [0.717, 1.165) is 6.61 Å². The van der Waals surface area contributed by atoms with Crippen LogP contribution in [0.3, 0.4) is 0 Å². The van der Waals surface area contributed by atoms with Crippen molar-refractivity contribution < 1.29 is 36.7 Å². The SMILES string of the molecule is CC(C)COCCOCCOCCOCCNC(=O)[C@@H](CS(=O)(=O)O)NC(C)C. The Kier molecular flexibility index (Phi) is 16.4. The number of hydrogen-bond acceptors (Lipinski definition) is 8. The summed E-state index contributed by atoms with van der Waals surface area (Å²) in [5, 5.41) is 5.38. The Labute approximate surface area is 174 Å². The molecule has 0 spiro atoms. The maximum absolute atomic E-state index is 12.0. The molecular formula is C18H38N2O8S. The maximum atomic E-state index is 12.0. The highest BCUT2D eigenvalue weighted by atomic mass is 32.2. The molecular weight excluding hydrogens is 404 g/mol. The summed E-state index contributed by atoms with van der Waals surface area (Å²) in [6.07, 6.45) is 0. The highest BCUT2D eigenvalue weighted by Crippen LogP contribution is 1.95. The molecule has 0 radical (unpaired) electrons. The van der Waals surface area contributed by atoms with Gasteiger partial charge in [-0.3, -0.25) is 9.35 Å². The van der Waals surface area contributed by atoms with Crippen LogP contribution in [0.5, 0.6) is 0 Å². The summed E-state index contributed by atoms with van der Waals surface area (Å²) in [7, 11) is -4.26. The molecule has 0 saturated carbocycles. The van der Waals surface area contributed by atoms with Gasteiger partial charge in [-0.2, -0.15) is 8.42 Å². The van der Waals surface area contributed by atoms with Gasteiger partial charge in [0.25, 0.3) is 10.1 Å². The Morgan fingerprint density at radius 3 is 1.79 bits per heavy atom. The highest BCUT2D eigenvalue weighted by Gasteiger charge is 2.24.